The molecule has 0 radical (unpaired) electrons. The summed E-state index contributed by atoms with van der Waals surface area (Å²) in [5.74, 6) is -9.78. The number of nitrogens with two attached hydrogens (primary N) is 4. The summed E-state index contributed by atoms with van der Waals surface area (Å²) >= 11 is 0. The first-order valence-corrected chi connectivity index (χ1v) is 25.6. The number of aliphatic hydroxyl groups excluding tert-OH is 2. The van der Waals surface area contributed by atoms with Crippen molar-refractivity contribution in [1.29, 1.82) is 0 Å². The summed E-state index contributed by atoms with van der Waals surface area (Å²) in [6.07, 6.45) is 0.617. The number of aromatic amines is 1. The van der Waals surface area contributed by atoms with Gasteiger partial charge in [0, 0.05) is 44.4 Å². The number of hydrogen-bond acceptors (Lipinski definition) is 16. The average molecular weight is 1100 g/mol. The van der Waals surface area contributed by atoms with E-state index >= 15 is 0 Å². The fourth-order valence-corrected chi connectivity index (χ4v) is 7.53. The molecule has 1 unspecified atom stereocenters. The maximum absolute atomic E-state index is 14.2. The minimum absolute atomic E-state index is 0.0920. The number of carboxylic acids is 1. The van der Waals surface area contributed by atoms with E-state index in [9.17, 15) is 63.3 Å². The zero-order valence-electron chi connectivity index (χ0n) is 45.0. The van der Waals surface area contributed by atoms with E-state index in [1.807, 2.05) is 0 Å². The number of H-pyrrole nitrogens is 1. The van der Waals surface area contributed by atoms with E-state index in [1.54, 1.807) is 51.1 Å². The molecule has 2 aromatic rings. The molecular weight excluding hydrogens is 1020 g/mol. The van der Waals surface area contributed by atoms with Gasteiger partial charge in [-0.05, 0) is 51.5 Å². The van der Waals surface area contributed by atoms with E-state index < -0.39 is 139 Å². The number of aromatic nitrogens is 2. The van der Waals surface area contributed by atoms with Crippen molar-refractivity contribution in [3.63, 3.8) is 0 Å². The summed E-state index contributed by atoms with van der Waals surface area (Å²) in [6, 6.07) is -2.54. The van der Waals surface area contributed by atoms with Gasteiger partial charge in [0.15, 0.2) is 5.96 Å². The zero-order valence-corrected chi connectivity index (χ0v) is 45.0. The predicted molar refractivity (Wildman–Crippen MR) is 284 cm³/mol. The zero-order chi connectivity index (χ0) is 58.6. The summed E-state index contributed by atoms with van der Waals surface area (Å²) < 4.78 is 0. The average Bonchev–Trinajstić information content (AvgIpc) is 3.91. The lowest BCUT2D eigenvalue weighted by Gasteiger charge is -2.29. The van der Waals surface area contributed by atoms with Crippen LogP contribution in [-0.2, 0) is 60.8 Å². The number of aliphatic imine (C=N–C) groups is 1. The van der Waals surface area contributed by atoms with Crippen molar-refractivity contribution in [2.75, 3.05) is 32.7 Å². The van der Waals surface area contributed by atoms with Gasteiger partial charge in [0.2, 0.25) is 53.2 Å². The predicted octanol–water partition coefficient (Wildman–Crippen LogP) is -5.41. The van der Waals surface area contributed by atoms with Crippen molar-refractivity contribution in [3.05, 3.63) is 54.1 Å². The monoisotopic (exact) mass is 1100 g/mol. The van der Waals surface area contributed by atoms with Crippen LogP contribution in [0.15, 0.2) is 47.8 Å². The number of aliphatic hydroxyl groups is 2. The van der Waals surface area contributed by atoms with Gasteiger partial charge in [-0.2, -0.15) is 0 Å². The van der Waals surface area contributed by atoms with Crippen LogP contribution >= 0.6 is 0 Å². The number of carboxylic acid groups (broad SMARTS) is 1. The number of nitrogens with one attached hydrogen (secondary N) is 9. The van der Waals surface area contributed by atoms with Gasteiger partial charge < -0.3 is 90.7 Å². The molecule has 0 bridgehead atoms. The molecule has 434 valence electrons. The Bertz CT molecular complexity index is 2320. The number of imidazole rings is 1. The normalized spacial score (nSPS) is 15.3. The molecule has 29 heteroatoms. The molecule has 0 aliphatic carbocycles. The van der Waals surface area contributed by atoms with Crippen LogP contribution in [0.1, 0.15) is 84.9 Å². The molecular formula is C49H80N16O13. The standard InChI is InChI=1S/C49H80N16O13/c1-7-13-33(48(77)78)59-46(75)38(26(3)8-2)62-36(68)24-65(19-17-50)37(69)23-56-45(74)39(28(5)66)64-47(76)40(29(6)67)63-44(73)35(21-31-22-54-25-57-31)61-43(72)34(20-30-14-10-9-11-15-30)60-41(70)27(4)58-42(71)32(51)16-12-18-55-49(52)53/h9-11,14-15,22,25-29,32-35,38-40,66-67H,7-8,12-13,16-21,23-24,50-51H2,1-6H3,(H,54,57)(H,56,74)(H,58,71)(H,59,75)(H,60,70)(H,61,72)(H,62,68)(H,63,73)(H,64,76)(H,77,78)(H4,52,53,55)/t26?,27-,28+,29+,32-,33-,34+,35-,38-,39-,40-/m0/s1. The van der Waals surface area contributed by atoms with E-state index in [4.69, 9.17) is 22.9 Å². The van der Waals surface area contributed by atoms with Crippen LogP contribution in [0.3, 0.4) is 0 Å². The minimum atomic E-state index is -1.84. The van der Waals surface area contributed by atoms with Crippen molar-refractivity contribution in [2.24, 2.45) is 33.8 Å². The molecule has 1 aromatic heterocycles. The molecule has 20 N–H and O–H groups in total. The van der Waals surface area contributed by atoms with E-state index in [0.29, 0.717) is 30.5 Å². The number of carbonyl (C=O) groups is 10. The number of guanidine groups is 1. The summed E-state index contributed by atoms with van der Waals surface area (Å²) in [6.45, 7) is 7.37. The SMILES string of the molecule is CCC[C@H](NC(=O)[C@@H](NC(=O)CN(CCN)C(=O)CNC(=O)[C@@H](NC(=O)[C@@H](NC(=O)[C@H](Cc1cnc[nH]1)NC(=O)[C@@H](Cc1ccccc1)NC(=O)[C@H](C)NC(=O)[C@@H](N)CCCN=C(N)N)[C@@H](C)O)[C@@H](C)O)C(C)CC)C(=O)O. The second-order valence-electron chi connectivity index (χ2n) is 18.8. The molecule has 1 heterocycles. The first kappa shape index (κ1) is 66.4. The molecule has 2 rings (SSSR count). The molecule has 0 aliphatic heterocycles. The Hall–Kier alpha value is -7.76. The van der Waals surface area contributed by atoms with Gasteiger partial charge in [-0.25, -0.2) is 9.78 Å². The highest BCUT2D eigenvalue weighted by Crippen LogP contribution is 2.11. The third-order valence-corrected chi connectivity index (χ3v) is 12.2. The third kappa shape index (κ3) is 23.2. The van der Waals surface area contributed by atoms with E-state index in [0.717, 1.165) is 18.7 Å². The lowest BCUT2D eigenvalue weighted by atomic mass is 9.97. The lowest BCUT2D eigenvalue weighted by Crippen LogP contribution is -2.62. The number of carbonyl (C=O) groups excluding carboxylic acids is 9. The van der Waals surface area contributed by atoms with Gasteiger partial charge in [-0.1, -0.05) is 63.9 Å². The maximum Gasteiger partial charge on any atom is 0.326 e. The van der Waals surface area contributed by atoms with Gasteiger partial charge in [-0.3, -0.25) is 48.1 Å². The first-order valence-electron chi connectivity index (χ1n) is 25.6. The van der Waals surface area contributed by atoms with Crippen LogP contribution in [0.5, 0.6) is 0 Å². The van der Waals surface area contributed by atoms with Crippen LogP contribution < -0.4 is 65.5 Å². The Labute approximate surface area is 452 Å². The molecule has 11 atom stereocenters. The molecule has 78 heavy (non-hydrogen) atoms. The molecule has 0 saturated carbocycles. The van der Waals surface area contributed by atoms with Gasteiger partial charge in [0.1, 0.15) is 42.3 Å². The highest BCUT2D eigenvalue weighted by Gasteiger charge is 2.36. The smallest absolute Gasteiger partial charge is 0.326 e. The van der Waals surface area contributed by atoms with Crippen molar-refractivity contribution in [1.82, 2.24) is 57.4 Å². The van der Waals surface area contributed by atoms with Crippen LogP contribution in [0.2, 0.25) is 0 Å². The maximum atomic E-state index is 14.2. The molecule has 9 amide bonds. The lowest BCUT2D eigenvalue weighted by molar-refractivity contribution is -0.143. The first-order chi connectivity index (χ1) is 36.8. The summed E-state index contributed by atoms with van der Waals surface area (Å²) in [5, 5.41) is 50.7. The fraction of sp³-hybridized carbons (Fsp3) is 0.592. The molecule has 29 nitrogen and oxygen atoms in total. The van der Waals surface area contributed by atoms with Gasteiger partial charge >= 0.3 is 5.97 Å². The van der Waals surface area contributed by atoms with Crippen LogP contribution in [0.4, 0.5) is 0 Å². The molecule has 0 spiro atoms. The van der Waals surface area contributed by atoms with Crippen LogP contribution in [-0.4, -0.2) is 189 Å². The number of amides is 9. The van der Waals surface area contributed by atoms with E-state index in [-0.39, 0.29) is 51.3 Å². The number of benzene rings is 1. The summed E-state index contributed by atoms with van der Waals surface area (Å²) in [5.41, 5.74) is 23.3. The van der Waals surface area contributed by atoms with Crippen LogP contribution in [0, 0.1) is 5.92 Å². The Balaban J connectivity index is 2.26. The van der Waals surface area contributed by atoms with E-state index in [2.05, 4.69) is 57.5 Å². The Morgan fingerprint density at radius 2 is 1.28 bits per heavy atom. The van der Waals surface area contributed by atoms with Crippen molar-refractivity contribution in [2.45, 2.75) is 147 Å². The molecule has 0 saturated heterocycles. The molecule has 1 aromatic carbocycles. The Kier molecular flexibility index (Phi) is 29.0. The fourth-order valence-electron chi connectivity index (χ4n) is 7.53. The number of aliphatic carboxylic acids is 1. The summed E-state index contributed by atoms with van der Waals surface area (Å²) in [7, 11) is 0. The topological polar surface area (TPSA) is 476 Å². The second-order valence-corrected chi connectivity index (χ2v) is 18.8. The summed E-state index contributed by atoms with van der Waals surface area (Å²) in [4.78, 5) is 145. The Morgan fingerprint density at radius 3 is 1.85 bits per heavy atom. The second kappa shape index (κ2) is 34.1. The van der Waals surface area contributed by atoms with Crippen molar-refractivity contribution in [3.8, 4) is 0 Å². The highest BCUT2D eigenvalue weighted by molar-refractivity contribution is 5.98. The highest BCUT2D eigenvalue weighted by atomic mass is 16.4. The van der Waals surface area contributed by atoms with E-state index in [1.165, 1.54) is 19.4 Å². The largest absolute Gasteiger partial charge is 0.480 e. The third-order valence-electron chi connectivity index (χ3n) is 12.2. The van der Waals surface area contributed by atoms with Gasteiger partial charge in [-0.15, -0.1) is 0 Å². The molecule has 0 fully saturated rings. The number of hydrogen-bond donors (Lipinski definition) is 16. The van der Waals surface area contributed by atoms with Gasteiger partial charge in [0.25, 0.3) is 0 Å². The number of nitrogens with zero attached hydrogens (tertiary/aromatic N) is 3. The quantitative estimate of drug-likeness (QED) is 0.0174. The molecule has 0 aliphatic rings. The number of rotatable bonds is 35. The minimum Gasteiger partial charge on any atom is -0.480 e. The van der Waals surface area contributed by atoms with Gasteiger partial charge in [0.05, 0.1) is 37.7 Å². The van der Waals surface area contributed by atoms with Crippen molar-refractivity contribution < 1.29 is 63.3 Å². The van der Waals surface area contributed by atoms with Crippen LogP contribution in [0.25, 0.3) is 0 Å². The van der Waals surface area contributed by atoms with Crippen molar-refractivity contribution >= 4 is 65.1 Å². The Morgan fingerprint density at radius 1 is 0.705 bits per heavy atom.